The Morgan fingerprint density at radius 1 is 1.48 bits per heavy atom. The van der Waals surface area contributed by atoms with E-state index in [9.17, 15) is 17.9 Å². The number of aliphatic hydroxyl groups excluding tert-OH is 1. The lowest BCUT2D eigenvalue weighted by molar-refractivity contribution is 0.0762. The van der Waals surface area contributed by atoms with Crippen molar-refractivity contribution in [2.75, 3.05) is 19.7 Å². The minimum atomic E-state index is -3.87. The van der Waals surface area contributed by atoms with Gasteiger partial charge < -0.3 is 10.2 Å². The Morgan fingerprint density at radius 3 is 2.76 bits per heavy atom. The van der Waals surface area contributed by atoms with Crippen LogP contribution in [0.25, 0.3) is 0 Å². The Balaban J connectivity index is 2.45. The number of hydrogen-bond donors (Lipinski definition) is 2. The molecule has 0 spiro atoms. The second-order valence-electron chi connectivity index (χ2n) is 5.19. The Morgan fingerprint density at radius 2 is 2.19 bits per heavy atom. The van der Waals surface area contributed by atoms with Crippen LogP contribution in [0.15, 0.2) is 23.1 Å². The number of sulfonamides is 1. The molecule has 1 unspecified atom stereocenters. The van der Waals surface area contributed by atoms with Crippen LogP contribution in [0.1, 0.15) is 18.9 Å². The van der Waals surface area contributed by atoms with Crippen LogP contribution in [0, 0.1) is 17.7 Å². The molecule has 21 heavy (non-hydrogen) atoms. The third-order valence-electron chi connectivity index (χ3n) is 3.28. The lowest BCUT2D eigenvalue weighted by Crippen LogP contribution is -2.34. The van der Waals surface area contributed by atoms with E-state index in [4.69, 9.17) is 5.11 Å². The molecule has 0 radical (unpaired) electrons. The molecule has 1 atom stereocenters. The number of halogens is 1. The van der Waals surface area contributed by atoms with Gasteiger partial charge in [0.2, 0.25) is 10.0 Å². The number of rotatable bonds is 2. The zero-order chi connectivity index (χ0) is 15.7. The molecule has 2 N–H and O–H groups in total. The van der Waals surface area contributed by atoms with Gasteiger partial charge in [0.1, 0.15) is 12.4 Å². The highest BCUT2D eigenvalue weighted by atomic mass is 32.2. The molecule has 0 bridgehead atoms. The molecule has 1 fully saturated rings. The third kappa shape index (κ3) is 3.41. The molecule has 114 valence electrons. The molecule has 1 aromatic rings. The predicted molar refractivity (Wildman–Crippen MR) is 74.4 cm³/mol. The summed E-state index contributed by atoms with van der Waals surface area (Å²) in [5, 5.41) is 18.6. The molecule has 1 saturated heterocycles. The standard InChI is InChI=1S/C14H16FNO4S/c1-14(18)6-7-16(10-14)21(19,20)13-5-4-12(15)9-11(13)3-2-8-17/h4-5,9,17-18H,6-8,10H2,1H3. The van der Waals surface area contributed by atoms with Gasteiger partial charge in [0.25, 0.3) is 0 Å². The van der Waals surface area contributed by atoms with Gasteiger partial charge in [-0.05, 0) is 31.5 Å². The van der Waals surface area contributed by atoms with Gasteiger partial charge >= 0.3 is 0 Å². The van der Waals surface area contributed by atoms with E-state index in [1.807, 2.05) is 0 Å². The predicted octanol–water partition coefficient (Wildman–Crippen LogP) is 0.315. The summed E-state index contributed by atoms with van der Waals surface area (Å²) in [7, 11) is -3.87. The van der Waals surface area contributed by atoms with Crippen LogP contribution in [0.3, 0.4) is 0 Å². The van der Waals surface area contributed by atoms with E-state index in [1.54, 1.807) is 6.92 Å². The van der Waals surface area contributed by atoms with E-state index >= 15 is 0 Å². The molecule has 7 heteroatoms. The van der Waals surface area contributed by atoms with Crippen molar-refractivity contribution in [2.24, 2.45) is 0 Å². The van der Waals surface area contributed by atoms with Crippen LogP contribution < -0.4 is 0 Å². The van der Waals surface area contributed by atoms with E-state index in [2.05, 4.69) is 11.8 Å². The highest BCUT2D eigenvalue weighted by molar-refractivity contribution is 7.89. The monoisotopic (exact) mass is 313 g/mol. The topological polar surface area (TPSA) is 77.8 Å². The normalized spacial score (nSPS) is 22.9. The fourth-order valence-electron chi connectivity index (χ4n) is 2.21. The number of β-amino-alcohol motifs (C(OH)–C–C–N with tert-alkyl or cyclic N) is 1. The van der Waals surface area contributed by atoms with Gasteiger partial charge in [-0.1, -0.05) is 11.8 Å². The van der Waals surface area contributed by atoms with Crippen molar-refractivity contribution < 1.29 is 23.0 Å². The first-order valence-corrected chi connectivity index (χ1v) is 7.82. The maximum Gasteiger partial charge on any atom is 0.244 e. The Hall–Kier alpha value is -1.46. The fraction of sp³-hybridized carbons (Fsp3) is 0.429. The summed E-state index contributed by atoms with van der Waals surface area (Å²) >= 11 is 0. The van der Waals surface area contributed by atoms with Crippen LogP contribution in [0.4, 0.5) is 4.39 Å². The maximum atomic E-state index is 13.3. The van der Waals surface area contributed by atoms with Gasteiger partial charge in [-0.3, -0.25) is 0 Å². The fourth-order valence-corrected chi connectivity index (χ4v) is 3.89. The third-order valence-corrected chi connectivity index (χ3v) is 5.18. The number of benzene rings is 1. The van der Waals surface area contributed by atoms with E-state index in [-0.39, 0.29) is 23.5 Å². The van der Waals surface area contributed by atoms with Crippen molar-refractivity contribution in [1.29, 1.82) is 0 Å². The minimum Gasteiger partial charge on any atom is -0.389 e. The number of aliphatic hydroxyl groups is 2. The Bertz CT molecular complexity index is 703. The zero-order valence-corrected chi connectivity index (χ0v) is 12.3. The molecule has 1 aromatic carbocycles. The lowest BCUT2D eigenvalue weighted by atomic mass is 10.1. The van der Waals surface area contributed by atoms with Gasteiger partial charge in [-0.2, -0.15) is 4.31 Å². The quantitative estimate of drug-likeness (QED) is 0.771. The van der Waals surface area contributed by atoms with Crippen molar-refractivity contribution in [1.82, 2.24) is 4.31 Å². The summed E-state index contributed by atoms with van der Waals surface area (Å²) in [5.41, 5.74) is -1.07. The van der Waals surface area contributed by atoms with Gasteiger partial charge in [-0.25, -0.2) is 12.8 Å². The molecular weight excluding hydrogens is 297 g/mol. The molecule has 1 aliphatic heterocycles. The second kappa shape index (κ2) is 5.73. The summed E-state index contributed by atoms with van der Waals surface area (Å²) in [6.45, 7) is 1.30. The van der Waals surface area contributed by atoms with Crippen molar-refractivity contribution in [2.45, 2.75) is 23.8 Å². The van der Waals surface area contributed by atoms with Crippen molar-refractivity contribution >= 4 is 10.0 Å². The smallest absolute Gasteiger partial charge is 0.244 e. The van der Waals surface area contributed by atoms with Gasteiger partial charge in [0.05, 0.1) is 10.5 Å². The summed E-state index contributed by atoms with van der Waals surface area (Å²) in [4.78, 5) is -0.123. The van der Waals surface area contributed by atoms with Crippen molar-refractivity contribution in [3.63, 3.8) is 0 Å². The SMILES string of the molecule is CC1(O)CCN(S(=O)(=O)c2ccc(F)cc2C#CCO)C1. The van der Waals surface area contributed by atoms with Crippen LogP contribution in [0.2, 0.25) is 0 Å². The van der Waals surface area contributed by atoms with E-state index < -0.39 is 28.0 Å². The van der Waals surface area contributed by atoms with Gasteiger partial charge in [0.15, 0.2) is 0 Å². The highest BCUT2D eigenvalue weighted by Gasteiger charge is 2.39. The highest BCUT2D eigenvalue weighted by Crippen LogP contribution is 2.28. The summed E-state index contributed by atoms with van der Waals surface area (Å²) in [5.74, 6) is 4.16. The molecule has 0 amide bonds. The lowest BCUT2D eigenvalue weighted by Gasteiger charge is -2.19. The zero-order valence-electron chi connectivity index (χ0n) is 11.5. The average Bonchev–Trinajstić information content (AvgIpc) is 2.77. The molecular formula is C14H16FNO4S. The second-order valence-corrected chi connectivity index (χ2v) is 7.09. The maximum absolute atomic E-state index is 13.3. The first kappa shape index (κ1) is 15.9. The molecule has 1 aliphatic rings. The average molecular weight is 313 g/mol. The van der Waals surface area contributed by atoms with E-state index in [1.165, 1.54) is 0 Å². The molecule has 1 heterocycles. The van der Waals surface area contributed by atoms with Crippen molar-refractivity contribution in [3.8, 4) is 11.8 Å². The Labute approximate surface area is 123 Å². The molecule has 0 saturated carbocycles. The molecule has 0 aliphatic carbocycles. The Kier molecular flexibility index (Phi) is 4.35. The minimum absolute atomic E-state index is 0.00408. The van der Waals surface area contributed by atoms with Crippen LogP contribution >= 0.6 is 0 Å². The number of hydrogen-bond acceptors (Lipinski definition) is 4. The van der Waals surface area contributed by atoms with Crippen LogP contribution in [0.5, 0.6) is 0 Å². The first-order valence-electron chi connectivity index (χ1n) is 6.38. The van der Waals surface area contributed by atoms with Gasteiger partial charge in [0, 0.05) is 18.7 Å². The van der Waals surface area contributed by atoms with Crippen molar-refractivity contribution in [3.05, 3.63) is 29.6 Å². The van der Waals surface area contributed by atoms with Crippen LogP contribution in [-0.2, 0) is 10.0 Å². The largest absolute Gasteiger partial charge is 0.389 e. The van der Waals surface area contributed by atoms with E-state index in [0.717, 1.165) is 22.5 Å². The van der Waals surface area contributed by atoms with Gasteiger partial charge in [-0.15, -0.1) is 0 Å². The molecule has 5 nitrogen and oxygen atoms in total. The summed E-state index contributed by atoms with van der Waals surface area (Å²) in [6, 6.07) is 3.22. The molecule has 0 aromatic heterocycles. The first-order chi connectivity index (χ1) is 9.76. The number of nitrogens with zero attached hydrogens (tertiary/aromatic N) is 1. The van der Waals surface area contributed by atoms with Crippen LogP contribution in [-0.4, -0.2) is 48.2 Å². The summed E-state index contributed by atoms with van der Waals surface area (Å²) in [6.07, 6.45) is 0.338. The van der Waals surface area contributed by atoms with E-state index in [0.29, 0.717) is 6.42 Å². The summed E-state index contributed by atoms with van der Waals surface area (Å²) < 4.78 is 39.6. The molecule has 2 rings (SSSR count).